The maximum atomic E-state index is 6.11. The SMILES string of the molecule is Cc1ccc(NC(=S)N2CCN(c3ccc(Cl)c(Cl)c3)CC2)cc1. The molecule has 0 radical (unpaired) electrons. The summed E-state index contributed by atoms with van der Waals surface area (Å²) >= 11 is 17.6. The van der Waals surface area contributed by atoms with Crippen molar-refractivity contribution >= 4 is 51.9 Å². The van der Waals surface area contributed by atoms with E-state index in [2.05, 4.69) is 34.2 Å². The maximum Gasteiger partial charge on any atom is 0.173 e. The molecule has 0 unspecified atom stereocenters. The minimum absolute atomic E-state index is 0.586. The quantitative estimate of drug-likeness (QED) is 0.753. The van der Waals surface area contributed by atoms with E-state index in [1.165, 1.54) is 5.56 Å². The zero-order valence-electron chi connectivity index (χ0n) is 13.4. The van der Waals surface area contributed by atoms with Crippen molar-refractivity contribution in [3.8, 4) is 0 Å². The van der Waals surface area contributed by atoms with Crippen LogP contribution in [0.1, 0.15) is 5.56 Å². The van der Waals surface area contributed by atoms with Crippen LogP contribution in [0.15, 0.2) is 42.5 Å². The van der Waals surface area contributed by atoms with Crippen LogP contribution in [0, 0.1) is 6.92 Å². The Bertz CT molecular complexity index is 726. The van der Waals surface area contributed by atoms with Crippen molar-refractivity contribution in [2.24, 2.45) is 0 Å². The predicted octanol–water partition coefficient (Wildman–Crippen LogP) is 4.82. The first-order valence-corrected chi connectivity index (χ1v) is 9.02. The van der Waals surface area contributed by atoms with E-state index in [-0.39, 0.29) is 0 Å². The number of nitrogens with zero attached hydrogens (tertiary/aromatic N) is 2. The van der Waals surface area contributed by atoms with Crippen LogP contribution in [0.25, 0.3) is 0 Å². The lowest BCUT2D eigenvalue weighted by molar-refractivity contribution is 0.391. The fourth-order valence-corrected chi connectivity index (χ4v) is 3.28. The van der Waals surface area contributed by atoms with E-state index in [0.717, 1.165) is 42.7 Å². The molecule has 3 rings (SSSR count). The number of piperazine rings is 1. The Labute approximate surface area is 158 Å². The molecule has 2 aromatic carbocycles. The third-order valence-electron chi connectivity index (χ3n) is 4.14. The van der Waals surface area contributed by atoms with E-state index in [4.69, 9.17) is 35.4 Å². The van der Waals surface area contributed by atoms with Crippen LogP contribution < -0.4 is 10.2 Å². The molecule has 1 fully saturated rings. The molecule has 1 aliphatic heterocycles. The summed E-state index contributed by atoms with van der Waals surface area (Å²) in [6.07, 6.45) is 0. The number of hydrogen-bond donors (Lipinski definition) is 1. The van der Waals surface area contributed by atoms with E-state index in [9.17, 15) is 0 Å². The summed E-state index contributed by atoms with van der Waals surface area (Å²) in [6, 6.07) is 14.0. The fraction of sp³-hybridized carbons (Fsp3) is 0.278. The molecule has 1 N–H and O–H groups in total. The van der Waals surface area contributed by atoms with Crippen LogP contribution in [0.3, 0.4) is 0 Å². The summed E-state index contributed by atoms with van der Waals surface area (Å²) in [4.78, 5) is 4.50. The molecule has 0 bridgehead atoms. The predicted molar refractivity (Wildman–Crippen MR) is 108 cm³/mol. The summed E-state index contributed by atoms with van der Waals surface area (Å²) in [5.41, 5.74) is 3.36. The molecule has 126 valence electrons. The van der Waals surface area contributed by atoms with Gasteiger partial charge >= 0.3 is 0 Å². The van der Waals surface area contributed by atoms with Crippen molar-refractivity contribution in [2.75, 3.05) is 36.4 Å². The highest BCUT2D eigenvalue weighted by atomic mass is 35.5. The lowest BCUT2D eigenvalue weighted by Gasteiger charge is -2.37. The highest BCUT2D eigenvalue weighted by Crippen LogP contribution is 2.27. The molecule has 0 amide bonds. The van der Waals surface area contributed by atoms with Gasteiger partial charge in [0.15, 0.2) is 5.11 Å². The number of benzene rings is 2. The molecular weight excluding hydrogens is 361 g/mol. The van der Waals surface area contributed by atoms with Crippen molar-refractivity contribution in [3.05, 3.63) is 58.1 Å². The van der Waals surface area contributed by atoms with E-state index in [1.807, 2.05) is 30.3 Å². The van der Waals surface area contributed by atoms with Crippen molar-refractivity contribution in [2.45, 2.75) is 6.92 Å². The Hall–Kier alpha value is -1.49. The van der Waals surface area contributed by atoms with E-state index in [0.29, 0.717) is 10.0 Å². The molecule has 1 heterocycles. The minimum Gasteiger partial charge on any atom is -0.368 e. The van der Waals surface area contributed by atoms with Crippen LogP contribution in [0.4, 0.5) is 11.4 Å². The second-order valence-electron chi connectivity index (χ2n) is 5.87. The largest absolute Gasteiger partial charge is 0.368 e. The Balaban J connectivity index is 1.57. The molecule has 1 aliphatic rings. The average Bonchev–Trinajstić information content (AvgIpc) is 2.59. The zero-order valence-corrected chi connectivity index (χ0v) is 15.8. The number of halogens is 2. The van der Waals surface area contributed by atoms with Gasteiger partial charge in [-0.05, 0) is 49.5 Å². The number of nitrogens with one attached hydrogen (secondary N) is 1. The van der Waals surface area contributed by atoms with Gasteiger partial charge in [-0.1, -0.05) is 40.9 Å². The normalized spacial score (nSPS) is 14.6. The lowest BCUT2D eigenvalue weighted by Crippen LogP contribution is -2.50. The van der Waals surface area contributed by atoms with Crippen molar-refractivity contribution < 1.29 is 0 Å². The molecule has 0 atom stereocenters. The first kappa shape index (κ1) is 17.3. The van der Waals surface area contributed by atoms with Crippen LogP contribution in [-0.4, -0.2) is 36.2 Å². The topological polar surface area (TPSA) is 18.5 Å². The molecule has 6 heteroatoms. The van der Waals surface area contributed by atoms with E-state index >= 15 is 0 Å². The third-order valence-corrected chi connectivity index (χ3v) is 5.24. The highest BCUT2D eigenvalue weighted by Gasteiger charge is 2.19. The summed E-state index contributed by atoms with van der Waals surface area (Å²) in [5.74, 6) is 0. The first-order valence-electron chi connectivity index (χ1n) is 7.85. The summed E-state index contributed by atoms with van der Waals surface area (Å²) in [7, 11) is 0. The molecule has 1 saturated heterocycles. The van der Waals surface area contributed by atoms with Crippen molar-refractivity contribution in [1.29, 1.82) is 0 Å². The number of hydrogen-bond acceptors (Lipinski definition) is 2. The Morgan fingerprint density at radius 2 is 1.62 bits per heavy atom. The second kappa shape index (κ2) is 7.60. The Morgan fingerprint density at radius 1 is 0.958 bits per heavy atom. The van der Waals surface area contributed by atoms with Crippen LogP contribution in [0.2, 0.25) is 10.0 Å². The van der Waals surface area contributed by atoms with Gasteiger partial charge in [-0.3, -0.25) is 0 Å². The summed E-state index contributed by atoms with van der Waals surface area (Å²) in [5, 5.41) is 5.26. The van der Waals surface area contributed by atoms with Crippen molar-refractivity contribution in [3.63, 3.8) is 0 Å². The van der Waals surface area contributed by atoms with Gasteiger partial charge in [0.2, 0.25) is 0 Å². The van der Waals surface area contributed by atoms with E-state index < -0.39 is 0 Å². The van der Waals surface area contributed by atoms with Crippen LogP contribution in [-0.2, 0) is 0 Å². The average molecular weight is 380 g/mol. The summed E-state index contributed by atoms with van der Waals surface area (Å²) in [6.45, 7) is 5.61. The molecule has 2 aromatic rings. The molecule has 0 aliphatic carbocycles. The van der Waals surface area contributed by atoms with Gasteiger partial charge in [0.25, 0.3) is 0 Å². The standard InChI is InChI=1S/C18H19Cl2N3S/c1-13-2-4-14(5-3-13)21-18(24)23-10-8-22(9-11-23)15-6-7-16(19)17(20)12-15/h2-7,12H,8-11H2,1H3,(H,21,24). The number of anilines is 2. The van der Waals surface area contributed by atoms with Gasteiger partial charge < -0.3 is 15.1 Å². The Kier molecular flexibility index (Phi) is 5.49. The third kappa shape index (κ3) is 4.12. The Morgan fingerprint density at radius 3 is 2.25 bits per heavy atom. The molecular formula is C18H19Cl2N3S. The number of aryl methyl sites for hydroxylation is 1. The fourth-order valence-electron chi connectivity index (χ4n) is 2.69. The smallest absolute Gasteiger partial charge is 0.173 e. The number of rotatable bonds is 2. The molecule has 0 aromatic heterocycles. The van der Waals surface area contributed by atoms with Gasteiger partial charge in [-0.25, -0.2) is 0 Å². The summed E-state index contributed by atoms with van der Waals surface area (Å²) < 4.78 is 0. The molecule has 0 saturated carbocycles. The molecule has 3 nitrogen and oxygen atoms in total. The highest BCUT2D eigenvalue weighted by molar-refractivity contribution is 7.80. The second-order valence-corrected chi connectivity index (χ2v) is 7.07. The van der Waals surface area contributed by atoms with Gasteiger partial charge in [0.1, 0.15) is 0 Å². The first-order chi connectivity index (χ1) is 11.5. The van der Waals surface area contributed by atoms with Crippen LogP contribution in [0.5, 0.6) is 0 Å². The minimum atomic E-state index is 0.586. The molecule has 24 heavy (non-hydrogen) atoms. The van der Waals surface area contributed by atoms with Crippen LogP contribution >= 0.6 is 35.4 Å². The monoisotopic (exact) mass is 379 g/mol. The zero-order chi connectivity index (χ0) is 17.1. The van der Waals surface area contributed by atoms with Gasteiger partial charge in [0, 0.05) is 37.6 Å². The number of thiocarbonyl (C=S) groups is 1. The van der Waals surface area contributed by atoms with Crippen molar-refractivity contribution in [1.82, 2.24) is 4.90 Å². The van der Waals surface area contributed by atoms with E-state index in [1.54, 1.807) is 0 Å². The van der Waals surface area contributed by atoms with Gasteiger partial charge in [0.05, 0.1) is 10.0 Å². The van der Waals surface area contributed by atoms with Gasteiger partial charge in [-0.15, -0.1) is 0 Å². The maximum absolute atomic E-state index is 6.11. The molecule has 0 spiro atoms. The lowest BCUT2D eigenvalue weighted by atomic mass is 10.2. The van der Waals surface area contributed by atoms with Gasteiger partial charge in [-0.2, -0.15) is 0 Å².